The summed E-state index contributed by atoms with van der Waals surface area (Å²) in [5.74, 6) is -0.284. The highest BCUT2D eigenvalue weighted by atomic mass is 35.5. The number of halogens is 3. The summed E-state index contributed by atoms with van der Waals surface area (Å²) < 4.78 is 57.8. The molecule has 0 saturated carbocycles. The molecule has 2 heterocycles. The fourth-order valence-corrected chi connectivity index (χ4v) is 4.89. The van der Waals surface area contributed by atoms with Gasteiger partial charge in [-0.15, -0.1) is 0 Å². The quantitative estimate of drug-likeness (QED) is 0.375. The molecule has 0 atom stereocenters. The largest absolute Gasteiger partial charge is 0.435 e. The number of pyridine rings is 1. The number of fused-ring (bicyclic) bond motifs is 1. The minimum atomic E-state index is -4.15. The van der Waals surface area contributed by atoms with Gasteiger partial charge in [0, 0.05) is 17.8 Å². The third-order valence-corrected chi connectivity index (χ3v) is 6.67. The van der Waals surface area contributed by atoms with Crippen LogP contribution in [-0.4, -0.2) is 25.0 Å². The number of benzene rings is 2. The van der Waals surface area contributed by atoms with Crippen LogP contribution in [0.1, 0.15) is 0 Å². The number of nitrogens with two attached hydrogens (primary N) is 1. The Bertz CT molecular complexity index is 1380. The van der Waals surface area contributed by atoms with Crippen molar-refractivity contribution in [3.63, 3.8) is 0 Å². The lowest BCUT2D eigenvalue weighted by molar-refractivity contribution is -0.0499. The minimum absolute atomic E-state index is 0.0308. The predicted molar refractivity (Wildman–Crippen MR) is 116 cm³/mol. The number of ether oxygens (including phenoxy) is 1. The molecule has 0 unspecified atom stereocenters. The Morgan fingerprint density at radius 3 is 2.71 bits per heavy atom. The Morgan fingerprint density at radius 1 is 1.13 bits per heavy atom. The van der Waals surface area contributed by atoms with Crippen LogP contribution < -0.4 is 15.2 Å². The first kappa shape index (κ1) is 21.2. The van der Waals surface area contributed by atoms with Gasteiger partial charge in [-0.3, -0.25) is 4.72 Å². The molecule has 7 nitrogen and oxygen atoms in total. The molecular formula is C19H13ClF2N4O3S2. The Hall–Kier alpha value is -3.02. The predicted octanol–water partition coefficient (Wildman–Crippen LogP) is 5.00. The molecule has 0 aliphatic heterocycles. The number of hydrogen-bond donors (Lipinski definition) is 2. The van der Waals surface area contributed by atoms with Crippen LogP contribution in [0.4, 0.5) is 19.6 Å². The third-order valence-electron chi connectivity index (χ3n) is 4.16. The Labute approximate surface area is 184 Å². The highest BCUT2D eigenvalue weighted by molar-refractivity contribution is 7.92. The van der Waals surface area contributed by atoms with Crippen molar-refractivity contribution in [3.8, 4) is 16.9 Å². The van der Waals surface area contributed by atoms with Crippen LogP contribution in [-0.2, 0) is 10.0 Å². The number of nitrogens with zero attached hydrogens (tertiary/aromatic N) is 2. The van der Waals surface area contributed by atoms with Gasteiger partial charge in [-0.25, -0.2) is 18.4 Å². The first-order chi connectivity index (χ1) is 14.7. The second kappa shape index (κ2) is 8.25. The fraction of sp³-hybridized carbons (Fsp3) is 0.0526. The van der Waals surface area contributed by atoms with Crippen molar-refractivity contribution in [2.45, 2.75) is 11.5 Å². The van der Waals surface area contributed by atoms with Gasteiger partial charge in [-0.05, 0) is 35.9 Å². The van der Waals surface area contributed by atoms with E-state index < -0.39 is 16.6 Å². The first-order valence-corrected chi connectivity index (χ1v) is 11.3. The average Bonchev–Trinajstić information content (AvgIpc) is 3.08. The number of anilines is 2. The van der Waals surface area contributed by atoms with Crippen LogP contribution >= 0.6 is 22.9 Å². The molecule has 3 N–H and O–H groups in total. The van der Waals surface area contributed by atoms with Gasteiger partial charge in [-0.1, -0.05) is 35.1 Å². The second-order valence-electron chi connectivity index (χ2n) is 6.26. The van der Waals surface area contributed by atoms with Crippen LogP contribution in [0.25, 0.3) is 21.3 Å². The van der Waals surface area contributed by atoms with Gasteiger partial charge >= 0.3 is 6.61 Å². The Balaban J connectivity index is 1.66. The smallest absolute Gasteiger partial charge is 0.387 e. The van der Waals surface area contributed by atoms with E-state index in [9.17, 15) is 17.2 Å². The molecule has 4 rings (SSSR count). The summed E-state index contributed by atoms with van der Waals surface area (Å²) in [5.41, 5.74) is 7.88. The van der Waals surface area contributed by atoms with Crippen molar-refractivity contribution in [1.82, 2.24) is 9.97 Å². The fourth-order valence-electron chi connectivity index (χ4n) is 2.82. The summed E-state index contributed by atoms with van der Waals surface area (Å²) in [4.78, 5) is 7.98. The van der Waals surface area contributed by atoms with Crippen molar-refractivity contribution >= 4 is 54.0 Å². The lowest BCUT2D eigenvalue weighted by atomic mass is 10.1. The third kappa shape index (κ3) is 4.68. The van der Waals surface area contributed by atoms with Crippen LogP contribution in [0.5, 0.6) is 5.75 Å². The zero-order valence-corrected chi connectivity index (χ0v) is 17.8. The van der Waals surface area contributed by atoms with Crippen molar-refractivity contribution in [2.24, 2.45) is 0 Å². The van der Waals surface area contributed by atoms with Gasteiger partial charge in [0.25, 0.3) is 10.0 Å². The van der Waals surface area contributed by atoms with Crippen LogP contribution in [0.2, 0.25) is 5.15 Å². The standard InChI is InChI=1S/C19H13ClF2N4O3S2/c20-17-15(26-31(27,28)13-3-1-2-12(8-13)29-18(21)22)6-11(9-24-17)10-4-5-14-16(7-10)30-19(23)25-14/h1-9,18,26H,(H2,23,25). The van der Waals surface area contributed by atoms with E-state index in [1.807, 2.05) is 6.07 Å². The zero-order chi connectivity index (χ0) is 22.2. The maximum absolute atomic E-state index is 12.8. The summed E-state index contributed by atoms with van der Waals surface area (Å²) in [6.45, 7) is -3.08. The summed E-state index contributed by atoms with van der Waals surface area (Å²) in [7, 11) is -4.15. The molecule has 0 bridgehead atoms. The molecule has 2 aromatic heterocycles. The zero-order valence-electron chi connectivity index (χ0n) is 15.4. The lowest BCUT2D eigenvalue weighted by Crippen LogP contribution is -2.14. The summed E-state index contributed by atoms with van der Waals surface area (Å²) in [6.07, 6.45) is 1.50. The number of aromatic nitrogens is 2. The topological polar surface area (TPSA) is 107 Å². The molecule has 31 heavy (non-hydrogen) atoms. The maximum Gasteiger partial charge on any atom is 0.387 e. The van der Waals surface area contributed by atoms with Crippen molar-refractivity contribution in [1.29, 1.82) is 0 Å². The van der Waals surface area contributed by atoms with Gasteiger partial charge in [0.15, 0.2) is 10.3 Å². The van der Waals surface area contributed by atoms with E-state index in [2.05, 4.69) is 19.4 Å². The van der Waals surface area contributed by atoms with Gasteiger partial charge in [0.05, 0.1) is 20.8 Å². The average molecular weight is 483 g/mol. The van der Waals surface area contributed by atoms with Crippen molar-refractivity contribution in [2.75, 3.05) is 10.5 Å². The number of alkyl halides is 2. The van der Waals surface area contributed by atoms with E-state index >= 15 is 0 Å². The summed E-state index contributed by atoms with van der Waals surface area (Å²) >= 11 is 7.41. The molecule has 0 spiro atoms. The highest BCUT2D eigenvalue weighted by Gasteiger charge is 2.19. The van der Waals surface area contributed by atoms with E-state index in [0.717, 1.165) is 21.8 Å². The molecule has 12 heteroatoms. The van der Waals surface area contributed by atoms with E-state index in [0.29, 0.717) is 10.7 Å². The molecule has 0 saturated heterocycles. The van der Waals surface area contributed by atoms with Crippen molar-refractivity contribution in [3.05, 3.63) is 59.9 Å². The van der Waals surface area contributed by atoms with Crippen LogP contribution in [0.3, 0.4) is 0 Å². The first-order valence-electron chi connectivity index (χ1n) is 8.61. The number of nitrogens with one attached hydrogen (secondary N) is 1. The molecule has 0 fully saturated rings. The van der Waals surface area contributed by atoms with Gasteiger partial charge in [0.2, 0.25) is 0 Å². The molecule has 0 radical (unpaired) electrons. The van der Waals surface area contributed by atoms with E-state index in [-0.39, 0.29) is 21.5 Å². The number of thiazole rings is 1. The molecular weight excluding hydrogens is 470 g/mol. The number of nitrogen functional groups attached to an aromatic ring is 1. The van der Waals surface area contributed by atoms with Crippen LogP contribution in [0, 0.1) is 0 Å². The van der Waals surface area contributed by atoms with E-state index in [4.69, 9.17) is 17.3 Å². The van der Waals surface area contributed by atoms with E-state index in [1.165, 1.54) is 41.8 Å². The Morgan fingerprint density at radius 2 is 1.94 bits per heavy atom. The SMILES string of the molecule is Nc1nc2ccc(-c3cnc(Cl)c(NS(=O)(=O)c4cccc(OC(F)F)c4)c3)cc2s1. The molecule has 2 aromatic carbocycles. The summed E-state index contributed by atoms with van der Waals surface area (Å²) in [6, 6.07) is 11.7. The van der Waals surface area contributed by atoms with Crippen molar-refractivity contribution < 1.29 is 21.9 Å². The van der Waals surface area contributed by atoms with Gasteiger partial charge < -0.3 is 10.5 Å². The van der Waals surface area contributed by atoms with Gasteiger partial charge in [0.1, 0.15) is 5.75 Å². The Kier molecular flexibility index (Phi) is 5.65. The van der Waals surface area contributed by atoms with E-state index in [1.54, 1.807) is 12.1 Å². The second-order valence-corrected chi connectivity index (χ2v) is 9.36. The molecule has 4 aromatic rings. The molecule has 0 aliphatic rings. The van der Waals surface area contributed by atoms with Crippen LogP contribution in [0.15, 0.2) is 59.6 Å². The normalized spacial score (nSPS) is 11.7. The minimum Gasteiger partial charge on any atom is -0.435 e. The summed E-state index contributed by atoms with van der Waals surface area (Å²) in [5, 5.41) is 0.364. The molecule has 160 valence electrons. The van der Waals surface area contributed by atoms with Gasteiger partial charge in [-0.2, -0.15) is 8.78 Å². The number of sulfonamides is 1. The monoisotopic (exact) mass is 482 g/mol. The number of rotatable bonds is 6. The lowest BCUT2D eigenvalue weighted by Gasteiger charge is -2.12. The highest BCUT2D eigenvalue weighted by Crippen LogP contribution is 2.32. The molecule has 0 amide bonds. The number of hydrogen-bond acceptors (Lipinski definition) is 7. The molecule has 0 aliphatic carbocycles. The maximum atomic E-state index is 12.8.